The Morgan fingerprint density at radius 1 is 0.365 bits per heavy atom. The minimum atomic E-state index is -0.539. The molecule has 74 heavy (non-hydrogen) atoms. The molecule has 15 rings (SSSR count). The maximum Gasteiger partial charge on any atom is 0.143 e. The lowest BCUT2D eigenvalue weighted by molar-refractivity contribution is 0.673. The Balaban J connectivity index is 0.906. The first kappa shape index (κ1) is 42.0. The van der Waals surface area contributed by atoms with Crippen molar-refractivity contribution in [2.75, 3.05) is 4.90 Å². The van der Waals surface area contributed by atoms with E-state index in [1.54, 1.807) is 0 Å². The summed E-state index contributed by atoms with van der Waals surface area (Å²) < 4.78 is 9.04. The van der Waals surface area contributed by atoms with E-state index < -0.39 is 5.41 Å². The van der Waals surface area contributed by atoms with Gasteiger partial charge in [0, 0.05) is 49.6 Å². The van der Waals surface area contributed by atoms with E-state index in [-0.39, 0.29) is 0 Å². The summed E-state index contributed by atoms with van der Waals surface area (Å²) in [6.45, 7) is 0. The van der Waals surface area contributed by atoms with Crippen LogP contribution in [0.3, 0.4) is 0 Å². The topological polar surface area (TPSA) is 21.3 Å². The van der Waals surface area contributed by atoms with E-state index in [2.05, 4.69) is 289 Å². The summed E-state index contributed by atoms with van der Waals surface area (Å²) >= 11 is 0. The number of aromatic nitrogens is 1. The fourth-order valence-corrected chi connectivity index (χ4v) is 12.5. The normalized spacial score (nSPS) is 12.7. The number of fused-ring (bicyclic) bond motifs is 11. The van der Waals surface area contributed by atoms with Crippen LogP contribution in [-0.4, -0.2) is 4.57 Å². The molecule has 2 aromatic heterocycles. The number of furan rings is 1. The van der Waals surface area contributed by atoms with Crippen LogP contribution in [0.1, 0.15) is 22.3 Å². The standard InChI is InChI=1S/C71H46N2O/c1-3-20-51(21-4-1)71(52-22-5-2-6-23-52)62-30-12-9-28-60(62)69-63(71)31-17-34-66(69)72(54-43-38-49(39-44-54)56-29-16-35-67-68(56)61-45-40-48-18-7-8-25-57(48)70(61)74-67)53-41-36-47(37-42-53)50-19-15-24-55(46-50)73-64-32-13-10-26-58(64)59-27-11-14-33-65(59)73/h1-46H. The molecular weight excluding hydrogens is 897 g/mol. The third-order valence-electron chi connectivity index (χ3n) is 15.7. The molecule has 1 aliphatic rings. The van der Waals surface area contributed by atoms with Crippen LogP contribution in [0.15, 0.2) is 283 Å². The summed E-state index contributed by atoms with van der Waals surface area (Å²) in [6.07, 6.45) is 0. The van der Waals surface area contributed by atoms with Crippen molar-refractivity contribution in [3.63, 3.8) is 0 Å². The van der Waals surface area contributed by atoms with Gasteiger partial charge in [0.15, 0.2) is 0 Å². The number of nitrogens with zero attached hydrogens (tertiary/aromatic N) is 2. The summed E-state index contributed by atoms with van der Waals surface area (Å²) in [5.41, 5.74) is 20.1. The highest BCUT2D eigenvalue weighted by Gasteiger charge is 2.47. The second-order valence-electron chi connectivity index (χ2n) is 19.5. The van der Waals surface area contributed by atoms with Gasteiger partial charge in [0.25, 0.3) is 0 Å². The zero-order valence-corrected chi connectivity index (χ0v) is 40.4. The molecule has 0 saturated carbocycles. The van der Waals surface area contributed by atoms with Gasteiger partial charge in [-0.3, -0.25) is 0 Å². The van der Waals surface area contributed by atoms with Crippen molar-refractivity contribution in [2.45, 2.75) is 5.41 Å². The Morgan fingerprint density at radius 3 is 1.65 bits per heavy atom. The molecule has 3 nitrogen and oxygen atoms in total. The van der Waals surface area contributed by atoms with E-state index in [9.17, 15) is 0 Å². The quantitative estimate of drug-likeness (QED) is 0.151. The molecule has 346 valence electrons. The summed E-state index contributed by atoms with van der Waals surface area (Å²) in [6, 6.07) is 102. The van der Waals surface area contributed by atoms with E-state index in [4.69, 9.17) is 4.42 Å². The van der Waals surface area contributed by atoms with Crippen LogP contribution in [0, 0.1) is 0 Å². The Kier molecular flexibility index (Phi) is 9.48. The number of hydrogen-bond donors (Lipinski definition) is 0. The Hall–Kier alpha value is -9.70. The molecule has 1 aliphatic carbocycles. The van der Waals surface area contributed by atoms with Crippen molar-refractivity contribution in [1.82, 2.24) is 4.57 Å². The van der Waals surface area contributed by atoms with Gasteiger partial charge in [0.05, 0.1) is 22.1 Å². The Bertz CT molecular complexity index is 4380. The van der Waals surface area contributed by atoms with Gasteiger partial charge in [-0.1, -0.05) is 212 Å². The SMILES string of the molecule is c1ccc(C2(c3ccccc3)c3ccccc3-c3c(N(c4ccc(-c5cccc(-n6c7ccccc7c7ccccc76)c5)cc4)c4ccc(-c5cccc6oc7c8ccccc8ccc7c56)cc4)cccc32)cc1. The molecule has 0 fully saturated rings. The molecule has 0 spiro atoms. The number of rotatable bonds is 8. The number of anilines is 3. The van der Waals surface area contributed by atoms with Crippen molar-refractivity contribution >= 4 is 71.6 Å². The average Bonchev–Trinajstić information content (AvgIpc) is 4.15. The van der Waals surface area contributed by atoms with Crippen molar-refractivity contribution in [3.05, 3.63) is 301 Å². The molecule has 12 aromatic carbocycles. The largest absolute Gasteiger partial charge is 0.455 e. The van der Waals surface area contributed by atoms with Gasteiger partial charge in [-0.25, -0.2) is 0 Å². The number of hydrogen-bond acceptors (Lipinski definition) is 2. The predicted octanol–water partition coefficient (Wildman–Crippen LogP) is 19.0. The van der Waals surface area contributed by atoms with Gasteiger partial charge < -0.3 is 13.9 Å². The van der Waals surface area contributed by atoms with E-state index in [1.807, 2.05) is 0 Å². The lowest BCUT2D eigenvalue weighted by atomic mass is 9.68. The number of benzene rings is 12. The zero-order chi connectivity index (χ0) is 48.7. The highest BCUT2D eigenvalue weighted by atomic mass is 16.3. The van der Waals surface area contributed by atoms with Gasteiger partial charge >= 0.3 is 0 Å². The first-order chi connectivity index (χ1) is 36.7. The lowest BCUT2D eigenvalue weighted by Gasteiger charge is -2.34. The second kappa shape index (κ2) is 16.7. The lowest BCUT2D eigenvalue weighted by Crippen LogP contribution is -2.28. The zero-order valence-electron chi connectivity index (χ0n) is 40.4. The third kappa shape index (κ3) is 6.27. The van der Waals surface area contributed by atoms with Gasteiger partial charge in [0.2, 0.25) is 0 Å². The van der Waals surface area contributed by atoms with Crippen LogP contribution in [0.2, 0.25) is 0 Å². The van der Waals surface area contributed by atoms with E-state index >= 15 is 0 Å². The maximum atomic E-state index is 6.65. The molecule has 3 heteroatoms. The third-order valence-corrected chi connectivity index (χ3v) is 15.7. The molecule has 0 aliphatic heterocycles. The second-order valence-corrected chi connectivity index (χ2v) is 19.5. The minimum Gasteiger partial charge on any atom is -0.455 e. The van der Waals surface area contributed by atoms with Crippen molar-refractivity contribution < 1.29 is 4.42 Å². The van der Waals surface area contributed by atoms with Gasteiger partial charge in [-0.05, 0) is 122 Å². The van der Waals surface area contributed by atoms with E-state index in [0.29, 0.717) is 0 Å². The fraction of sp³-hybridized carbons (Fsp3) is 0.0141. The molecule has 0 radical (unpaired) electrons. The molecule has 0 N–H and O–H groups in total. The van der Waals surface area contributed by atoms with Crippen LogP contribution < -0.4 is 4.90 Å². The molecular formula is C71H46N2O. The first-order valence-electron chi connectivity index (χ1n) is 25.5. The van der Waals surface area contributed by atoms with Crippen LogP contribution in [0.4, 0.5) is 17.1 Å². The molecule has 0 atom stereocenters. The van der Waals surface area contributed by atoms with E-state index in [0.717, 1.165) is 72.3 Å². The first-order valence-corrected chi connectivity index (χ1v) is 25.5. The molecule has 0 bridgehead atoms. The van der Waals surface area contributed by atoms with E-state index in [1.165, 1.54) is 60.6 Å². The summed E-state index contributed by atoms with van der Waals surface area (Å²) in [7, 11) is 0. The smallest absolute Gasteiger partial charge is 0.143 e. The number of para-hydroxylation sites is 2. The van der Waals surface area contributed by atoms with Crippen molar-refractivity contribution in [3.8, 4) is 39.1 Å². The molecule has 0 unspecified atom stereocenters. The van der Waals surface area contributed by atoms with Crippen LogP contribution in [0.5, 0.6) is 0 Å². The monoisotopic (exact) mass is 942 g/mol. The van der Waals surface area contributed by atoms with Gasteiger partial charge in [-0.2, -0.15) is 0 Å². The molecule has 2 heterocycles. The van der Waals surface area contributed by atoms with Crippen molar-refractivity contribution in [2.24, 2.45) is 0 Å². The van der Waals surface area contributed by atoms with Crippen LogP contribution in [0.25, 0.3) is 93.6 Å². The highest BCUT2D eigenvalue weighted by molar-refractivity contribution is 6.19. The Labute approximate surface area is 429 Å². The maximum absolute atomic E-state index is 6.65. The summed E-state index contributed by atoms with van der Waals surface area (Å²) in [5.74, 6) is 0. The Morgan fingerprint density at radius 2 is 0.932 bits per heavy atom. The summed E-state index contributed by atoms with van der Waals surface area (Å²) in [4.78, 5) is 2.46. The molecule has 0 amide bonds. The fourth-order valence-electron chi connectivity index (χ4n) is 12.5. The average molecular weight is 943 g/mol. The van der Waals surface area contributed by atoms with Gasteiger partial charge in [0.1, 0.15) is 11.2 Å². The molecule has 0 saturated heterocycles. The van der Waals surface area contributed by atoms with Gasteiger partial charge in [-0.15, -0.1) is 0 Å². The van der Waals surface area contributed by atoms with Crippen LogP contribution >= 0.6 is 0 Å². The summed E-state index contributed by atoms with van der Waals surface area (Å²) in [5, 5.41) is 7.07. The van der Waals surface area contributed by atoms with Crippen molar-refractivity contribution in [1.29, 1.82) is 0 Å². The highest BCUT2D eigenvalue weighted by Crippen LogP contribution is 2.59. The predicted molar refractivity (Wildman–Crippen MR) is 308 cm³/mol. The van der Waals surface area contributed by atoms with Crippen LogP contribution in [-0.2, 0) is 5.41 Å². The minimum absolute atomic E-state index is 0.539. The molecule has 14 aromatic rings.